The van der Waals surface area contributed by atoms with Crippen LogP contribution in [0.25, 0.3) is 0 Å². The number of hydrogen-bond donors (Lipinski definition) is 0. The molecule has 0 radical (unpaired) electrons. The molecule has 1 heterocycles. The number of nitro benzene ring substituents is 1. The van der Waals surface area contributed by atoms with Crippen LogP contribution in [0.15, 0.2) is 36.4 Å². The maximum atomic E-state index is 12.4. The van der Waals surface area contributed by atoms with Gasteiger partial charge in [-0.15, -0.1) is 11.3 Å². The molecule has 0 aliphatic carbocycles. The Balaban J connectivity index is 2.11. The van der Waals surface area contributed by atoms with Gasteiger partial charge in [-0.05, 0) is 19.1 Å². The molecule has 0 fully saturated rings. The fraction of sp³-hybridized carbons (Fsp3) is 0.267. The Morgan fingerprint density at radius 3 is 2.64 bits per heavy atom. The lowest BCUT2D eigenvalue weighted by atomic mass is 10.1. The third-order valence-corrected chi connectivity index (χ3v) is 4.46. The summed E-state index contributed by atoms with van der Waals surface area (Å²) in [6, 6.07) is 10.0. The van der Waals surface area contributed by atoms with Crippen LogP contribution in [-0.2, 0) is 17.8 Å². The Hall–Kier alpha value is -1.92. The summed E-state index contributed by atoms with van der Waals surface area (Å²) in [5.41, 5.74) is 0.409. The van der Waals surface area contributed by atoms with Crippen LogP contribution in [-0.4, -0.2) is 22.3 Å². The molecule has 1 aromatic heterocycles. The minimum absolute atomic E-state index is 0.0180. The van der Waals surface area contributed by atoms with Gasteiger partial charge in [0.2, 0.25) is 5.91 Å². The van der Waals surface area contributed by atoms with Crippen LogP contribution in [0.2, 0.25) is 4.34 Å². The molecule has 116 valence electrons. The van der Waals surface area contributed by atoms with Crippen molar-refractivity contribution in [2.24, 2.45) is 0 Å². The second kappa shape index (κ2) is 7.38. The number of hydrogen-bond acceptors (Lipinski definition) is 4. The van der Waals surface area contributed by atoms with Crippen LogP contribution in [0.5, 0.6) is 0 Å². The number of thiophene rings is 1. The van der Waals surface area contributed by atoms with Crippen LogP contribution in [0.4, 0.5) is 5.69 Å². The Bertz CT molecular complexity index is 687. The van der Waals surface area contributed by atoms with E-state index in [0.717, 1.165) is 4.88 Å². The minimum Gasteiger partial charge on any atom is -0.338 e. The number of benzene rings is 1. The molecule has 0 unspecified atom stereocenters. The number of carbonyl (C=O) groups is 1. The number of nitrogens with zero attached hydrogens (tertiary/aromatic N) is 2. The molecule has 1 aromatic carbocycles. The van der Waals surface area contributed by atoms with E-state index in [9.17, 15) is 14.9 Å². The molecular formula is C15H15ClN2O3S. The first-order valence-electron chi connectivity index (χ1n) is 6.75. The lowest BCUT2D eigenvalue weighted by molar-refractivity contribution is -0.385. The topological polar surface area (TPSA) is 63.5 Å². The highest BCUT2D eigenvalue weighted by Crippen LogP contribution is 2.24. The average molecular weight is 339 g/mol. The molecule has 7 heteroatoms. The van der Waals surface area contributed by atoms with Gasteiger partial charge in [0.05, 0.1) is 22.2 Å². The van der Waals surface area contributed by atoms with Crippen molar-refractivity contribution in [2.45, 2.75) is 19.9 Å². The molecule has 2 aromatic rings. The third-order valence-electron chi connectivity index (χ3n) is 3.24. The molecule has 0 bridgehead atoms. The van der Waals surface area contributed by atoms with Crippen LogP contribution in [0.3, 0.4) is 0 Å². The summed E-state index contributed by atoms with van der Waals surface area (Å²) in [5.74, 6) is -0.138. The van der Waals surface area contributed by atoms with Gasteiger partial charge in [-0.3, -0.25) is 14.9 Å². The number of carbonyl (C=O) groups excluding carboxylic acids is 1. The van der Waals surface area contributed by atoms with E-state index >= 15 is 0 Å². The highest BCUT2D eigenvalue weighted by molar-refractivity contribution is 7.16. The van der Waals surface area contributed by atoms with Crippen molar-refractivity contribution in [3.8, 4) is 0 Å². The van der Waals surface area contributed by atoms with Crippen LogP contribution >= 0.6 is 22.9 Å². The molecule has 2 rings (SSSR count). The summed E-state index contributed by atoms with van der Waals surface area (Å²) >= 11 is 7.32. The first-order valence-corrected chi connectivity index (χ1v) is 7.95. The summed E-state index contributed by atoms with van der Waals surface area (Å²) in [6.07, 6.45) is 0.0180. The van der Waals surface area contributed by atoms with Crippen molar-refractivity contribution in [3.63, 3.8) is 0 Å². The van der Waals surface area contributed by atoms with Crippen molar-refractivity contribution in [1.29, 1.82) is 0 Å². The molecule has 0 saturated carbocycles. The largest absolute Gasteiger partial charge is 0.338 e. The van der Waals surface area contributed by atoms with Gasteiger partial charge < -0.3 is 4.90 Å². The van der Waals surface area contributed by atoms with E-state index in [2.05, 4.69) is 0 Å². The van der Waals surface area contributed by atoms with E-state index in [1.165, 1.54) is 17.4 Å². The zero-order chi connectivity index (χ0) is 16.1. The van der Waals surface area contributed by atoms with E-state index in [-0.39, 0.29) is 18.0 Å². The first-order chi connectivity index (χ1) is 10.5. The summed E-state index contributed by atoms with van der Waals surface area (Å²) in [5, 5.41) is 11.0. The Morgan fingerprint density at radius 1 is 1.32 bits per heavy atom. The maximum Gasteiger partial charge on any atom is 0.273 e. The van der Waals surface area contributed by atoms with Gasteiger partial charge in [0.1, 0.15) is 0 Å². The normalized spacial score (nSPS) is 10.5. The predicted octanol–water partition coefficient (Wildman–Crippen LogP) is 3.90. The summed E-state index contributed by atoms with van der Waals surface area (Å²) < 4.78 is 0.678. The van der Waals surface area contributed by atoms with E-state index in [0.29, 0.717) is 23.0 Å². The van der Waals surface area contributed by atoms with Crippen molar-refractivity contribution >= 4 is 34.5 Å². The predicted molar refractivity (Wildman–Crippen MR) is 87.2 cm³/mol. The van der Waals surface area contributed by atoms with Gasteiger partial charge in [-0.2, -0.15) is 0 Å². The summed E-state index contributed by atoms with van der Waals surface area (Å²) in [6.45, 7) is 2.88. The van der Waals surface area contributed by atoms with Crippen molar-refractivity contribution in [2.75, 3.05) is 6.54 Å². The number of para-hydroxylation sites is 1. The average Bonchev–Trinajstić information content (AvgIpc) is 2.90. The molecule has 0 spiro atoms. The Labute approximate surface area is 137 Å². The van der Waals surface area contributed by atoms with Crippen LogP contribution < -0.4 is 0 Å². The smallest absolute Gasteiger partial charge is 0.273 e. The lowest BCUT2D eigenvalue weighted by Crippen LogP contribution is -2.31. The van der Waals surface area contributed by atoms with Crippen LogP contribution in [0.1, 0.15) is 17.4 Å². The minimum atomic E-state index is -0.460. The maximum absolute atomic E-state index is 12.4. The quantitative estimate of drug-likeness (QED) is 0.592. The van der Waals surface area contributed by atoms with Gasteiger partial charge in [0.25, 0.3) is 5.69 Å². The number of amides is 1. The van der Waals surface area contributed by atoms with Gasteiger partial charge in [0.15, 0.2) is 0 Å². The first kappa shape index (κ1) is 16.5. The van der Waals surface area contributed by atoms with E-state index in [1.54, 1.807) is 29.2 Å². The summed E-state index contributed by atoms with van der Waals surface area (Å²) in [7, 11) is 0. The Morgan fingerprint density at radius 2 is 2.05 bits per heavy atom. The highest BCUT2D eigenvalue weighted by Gasteiger charge is 2.19. The van der Waals surface area contributed by atoms with E-state index in [1.807, 2.05) is 13.0 Å². The molecular weight excluding hydrogens is 324 g/mol. The molecule has 0 aliphatic rings. The third kappa shape index (κ3) is 4.05. The molecule has 0 saturated heterocycles. The van der Waals surface area contributed by atoms with Crippen LogP contribution in [0, 0.1) is 10.1 Å². The van der Waals surface area contributed by atoms with Gasteiger partial charge in [0, 0.05) is 23.1 Å². The monoisotopic (exact) mass is 338 g/mol. The molecule has 0 N–H and O–H groups in total. The van der Waals surface area contributed by atoms with E-state index in [4.69, 9.17) is 11.6 Å². The fourth-order valence-corrected chi connectivity index (χ4v) is 3.22. The second-order valence-corrected chi connectivity index (χ2v) is 6.48. The van der Waals surface area contributed by atoms with Crippen molar-refractivity contribution in [1.82, 2.24) is 4.90 Å². The Kier molecular flexibility index (Phi) is 5.51. The van der Waals surface area contributed by atoms with Crippen molar-refractivity contribution in [3.05, 3.63) is 61.3 Å². The summed E-state index contributed by atoms with van der Waals surface area (Å²) in [4.78, 5) is 25.6. The van der Waals surface area contributed by atoms with Gasteiger partial charge in [-0.1, -0.05) is 29.8 Å². The number of nitro groups is 1. The zero-order valence-corrected chi connectivity index (χ0v) is 13.6. The number of likely N-dealkylation sites (N-methyl/N-ethyl adjacent to an activating group) is 1. The van der Waals surface area contributed by atoms with Gasteiger partial charge >= 0.3 is 0 Å². The fourth-order valence-electron chi connectivity index (χ4n) is 2.11. The van der Waals surface area contributed by atoms with Crippen molar-refractivity contribution < 1.29 is 9.72 Å². The number of halogens is 1. The molecule has 0 atom stereocenters. The standard InChI is InChI=1S/C15H15ClN2O3S/c1-2-17(10-12-7-8-14(16)22-12)15(19)9-11-5-3-4-6-13(11)18(20)21/h3-8H,2,9-10H2,1H3. The van der Waals surface area contributed by atoms with Gasteiger partial charge in [-0.25, -0.2) is 0 Å². The SMILES string of the molecule is CCN(Cc1ccc(Cl)s1)C(=O)Cc1ccccc1[N+](=O)[O-]. The number of rotatable bonds is 6. The molecule has 0 aliphatic heterocycles. The van der Waals surface area contributed by atoms with E-state index < -0.39 is 4.92 Å². The molecule has 22 heavy (non-hydrogen) atoms. The lowest BCUT2D eigenvalue weighted by Gasteiger charge is -2.20. The zero-order valence-electron chi connectivity index (χ0n) is 12.0. The highest BCUT2D eigenvalue weighted by atomic mass is 35.5. The second-order valence-electron chi connectivity index (χ2n) is 4.68. The molecule has 1 amide bonds. The molecule has 5 nitrogen and oxygen atoms in total.